The van der Waals surface area contributed by atoms with Crippen molar-refractivity contribution in [2.75, 3.05) is 25.1 Å². The molecule has 0 spiro atoms. The number of nitrogens with one attached hydrogen (secondary N) is 1. The fraction of sp³-hybridized carbons (Fsp3) is 0.600. The predicted octanol–water partition coefficient (Wildman–Crippen LogP) is 2.71. The first-order valence-corrected chi connectivity index (χ1v) is 10.2. The summed E-state index contributed by atoms with van der Waals surface area (Å²) in [5.41, 5.74) is 1.18. The van der Waals surface area contributed by atoms with E-state index >= 15 is 0 Å². The van der Waals surface area contributed by atoms with E-state index in [4.69, 9.17) is 0 Å². The van der Waals surface area contributed by atoms with Crippen molar-refractivity contribution in [3.8, 4) is 0 Å². The van der Waals surface area contributed by atoms with Gasteiger partial charge in [0.1, 0.15) is 0 Å². The zero-order valence-electron chi connectivity index (χ0n) is 12.0. The van der Waals surface area contributed by atoms with Crippen molar-refractivity contribution in [2.45, 2.75) is 29.9 Å². The normalized spacial score (nSPS) is 17.2. The van der Waals surface area contributed by atoms with Crippen molar-refractivity contribution in [1.29, 1.82) is 0 Å². The van der Waals surface area contributed by atoms with Crippen LogP contribution in [0.5, 0.6) is 0 Å². The van der Waals surface area contributed by atoms with Gasteiger partial charge in [-0.15, -0.1) is 0 Å². The van der Waals surface area contributed by atoms with Crippen LogP contribution < -0.4 is 5.32 Å². The Hall–Kier alpha value is -0.520. The van der Waals surface area contributed by atoms with Crippen LogP contribution in [0.3, 0.4) is 0 Å². The van der Waals surface area contributed by atoms with E-state index in [1.54, 1.807) is 23.9 Å². The lowest BCUT2D eigenvalue weighted by Gasteiger charge is -2.22. The highest BCUT2D eigenvalue weighted by molar-refractivity contribution is 7.97. The van der Waals surface area contributed by atoms with Crippen LogP contribution >= 0.6 is 11.8 Å². The minimum atomic E-state index is -3.12. The molecule has 1 fully saturated rings. The summed E-state index contributed by atoms with van der Waals surface area (Å²) in [6.45, 7) is 2.04. The standard InChI is InChI=1S/C15H23NO2S2/c1-19-12-14-2-4-15(5-3-14)20(17,18)11-8-13-6-9-16-10-7-13/h2-5,13,16H,6-12H2,1H3. The summed E-state index contributed by atoms with van der Waals surface area (Å²) < 4.78 is 24.6. The Labute approximate surface area is 126 Å². The third-order valence-electron chi connectivity index (χ3n) is 3.85. The topological polar surface area (TPSA) is 46.2 Å². The molecule has 2 rings (SSSR count). The fourth-order valence-corrected chi connectivity index (χ4v) is 4.53. The number of benzene rings is 1. The first-order valence-electron chi connectivity index (χ1n) is 7.13. The zero-order chi connectivity index (χ0) is 14.4. The molecule has 1 aliphatic rings. The molecule has 0 saturated carbocycles. The van der Waals surface area contributed by atoms with E-state index in [0.717, 1.165) is 38.1 Å². The van der Waals surface area contributed by atoms with E-state index < -0.39 is 9.84 Å². The van der Waals surface area contributed by atoms with E-state index in [9.17, 15) is 8.42 Å². The lowest BCUT2D eigenvalue weighted by atomic mass is 9.96. The largest absolute Gasteiger partial charge is 0.317 e. The monoisotopic (exact) mass is 313 g/mol. The lowest BCUT2D eigenvalue weighted by Crippen LogP contribution is -2.28. The van der Waals surface area contributed by atoms with Crippen LogP contribution in [0.2, 0.25) is 0 Å². The quantitative estimate of drug-likeness (QED) is 0.877. The molecule has 0 bridgehead atoms. The molecule has 0 atom stereocenters. The van der Waals surface area contributed by atoms with Crippen molar-refractivity contribution >= 4 is 21.6 Å². The summed E-state index contributed by atoms with van der Waals surface area (Å²) in [6.07, 6.45) is 5.03. The number of rotatable bonds is 6. The van der Waals surface area contributed by atoms with Gasteiger partial charge in [0, 0.05) is 5.75 Å². The van der Waals surface area contributed by atoms with Crippen molar-refractivity contribution in [3.05, 3.63) is 29.8 Å². The van der Waals surface area contributed by atoms with Gasteiger partial charge in [-0.2, -0.15) is 11.8 Å². The van der Waals surface area contributed by atoms with Crippen molar-refractivity contribution < 1.29 is 8.42 Å². The van der Waals surface area contributed by atoms with Crippen LogP contribution in [0.15, 0.2) is 29.2 Å². The summed E-state index contributed by atoms with van der Waals surface area (Å²) >= 11 is 1.74. The Morgan fingerprint density at radius 1 is 1.20 bits per heavy atom. The van der Waals surface area contributed by atoms with E-state index in [2.05, 4.69) is 5.32 Å². The third kappa shape index (κ3) is 4.50. The molecule has 0 aliphatic carbocycles. The maximum absolute atomic E-state index is 12.3. The summed E-state index contributed by atoms with van der Waals surface area (Å²) in [6, 6.07) is 7.36. The van der Waals surface area contributed by atoms with E-state index in [1.807, 2.05) is 18.4 Å². The molecule has 1 N–H and O–H groups in total. The minimum Gasteiger partial charge on any atom is -0.317 e. The smallest absolute Gasteiger partial charge is 0.178 e. The molecule has 1 aliphatic heterocycles. The van der Waals surface area contributed by atoms with Gasteiger partial charge >= 0.3 is 0 Å². The second kappa shape index (κ2) is 7.48. The van der Waals surface area contributed by atoms with E-state index in [0.29, 0.717) is 10.8 Å². The van der Waals surface area contributed by atoms with Crippen molar-refractivity contribution in [3.63, 3.8) is 0 Å². The van der Waals surface area contributed by atoms with Crippen LogP contribution in [-0.2, 0) is 15.6 Å². The summed E-state index contributed by atoms with van der Waals surface area (Å²) in [7, 11) is -3.12. The van der Waals surface area contributed by atoms with Gasteiger partial charge in [0.15, 0.2) is 9.84 Å². The molecule has 20 heavy (non-hydrogen) atoms. The Morgan fingerprint density at radius 2 is 1.85 bits per heavy atom. The molecule has 0 radical (unpaired) electrons. The molecule has 112 valence electrons. The van der Waals surface area contributed by atoms with E-state index in [1.165, 1.54) is 5.56 Å². The average molecular weight is 313 g/mol. The van der Waals surface area contributed by atoms with Crippen LogP contribution in [0.1, 0.15) is 24.8 Å². The van der Waals surface area contributed by atoms with Crippen molar-refractivity contribution in [2.24, 2.45) is 5.92 Å². The van der Waals surface area contributed by atoms with Gasteiger partial charge < -0.3 is 5.32 Å². The Morgan fingerprint density at radius 3 is 2.45 bits per heavy atom. The second-order valence-electron chi connectivity index (χ2n) is 5.38. The van der Waals surface area contributed by atoms with E-state index in [-0.39, 0.29) is 5.75 Å². The molecule has 1 aromatic rings. The number of hydrogen-bond donors (Lipinski definition) is 1. The highest BCUT2D eigenvalue weighted by Crippen LogP contribution is 2.21. The van der Waals surface area contributed by atoms with Crippen LogP contribution in [0, 0.1) is 5.92 Å². The van der Waals surface area contributed by atoms with Crippen LogP contribution in [-0.4, -0.2) is 33.5 Å². The number of sulfone groups is 1. The molecule has 5 heteroatoms. The first-order chi connectivity index (χ1) is 9.62. The molecule has 0 aromatic heterocycles. The first kappa shape index (κ1) is 15.9. The van der Waals surface area contributed by atoms with Crippen LogP contribution in [0.25, 0.3) is 0 Å². The highest BCUT2D eigenvalue weighted by Gasteiger charge is 2.19. The number of thioether (sulfide) groups is 1. The minimum absolute atomic E-state index is 0.277. The zero-order valence-corrected chi connectivity index (χ0v) is 13.6. The molecular weight excluding hydrogens is 290 g/mol. The second-order valence-corrected chi connectivity index (χ2v) is 8.35. The van der Waals surface area contributed by atoms with Crippen molar-refractivity contribution in [1.82, 2.24) is 5.32 Å². The Kier molecular flexibility index (Phi) is 5.93. The maximum atomic E-state index is 12.3. The maximum Gasteiger partial charge on any atom is 0.178 e. The molecule has 1 heterocycles. The molecule has 3 nitrogen and oxygen atoms in total. The van der Waals surface area contributed by atoms with Gasteiger partial charge in [0.2, 0.25) is 0 Å². The number of piperidine rings is 1. The van der Waals surface area contributed by atoms with Crippen LogP contribution in [0.4, 0.5) is 0 Å². The van der Waals surface area contributed by atoms with Gasteiger partial charge in [0.05, 0.1) is 10.6 Å². The highest BCUT2D eigenvalue weighted by atomic mass is 32.2. The number of hydrogen-bond acceptors (Lipinski definition) is 4. The Balaban J connectivity index is 1.94. The van der Waals surface area contributed by atoms with Gasteiger partial charge in [-0.25, -0.2) is 8.42 Å². The average Bonchev–Trinajstić information content (AvgIpc) is 2.47. The van der Waals surface area contributed by atoms with Gasteiger partial charge in [0.25, 0.3) is 0 Å². The predicted molar refractivity (Wildman–Crippen MR) is 85.9 cm³/mol. The molecule has 1 saturated heterocycles. The third-order valence-corrected chi connectivity index (χ3v) is 6.23. The summed E-state index contributed by atoms with van der Waals surface area (Å²) in [5.74, 6) is 1.76. The summed E-state index contributed by atoms with van der Waals surface area (Å²) in [4.78, 5) is 0.469. The lowest BCUT2D eigenvalue weighted by molar-refractivity contribution is 0.365. The van der Waals surface area contributed by atoms with Gasteiger partial charge in [-0.1, -0.05) is 12.1 Å². The van der Waals surface area contributed by atoms with Gasteiger partial charge in [-0.05, 0) is 62.2 Å². The Bertz CT molecular complexity index is 505. The fourth-order valence-electron chi connectivity index (χ4n) is 2.57. The van der Waals surface area contributed by atoms with Gasteiger partial charge in [-0.3, -0.25) is 0 Å². The molecule has 1 aromatic carbocycles. The molecule has 0 unspecified atom stereocenters. The molecular formula is C15H23NO2S2. The summed E-state index contributed by atoms with van der Waals surface area (Å²) in [5, 5.41) is 3.31. The SMILES string of the molecule is CSCc1ccc(S(=O)(=O)CCC2CCNCC2)cc1. The molecule has 0 amide bonds.